The minimum absolute atomic E-state index is 0.0121. The minimum atomic E-state index is -4.41. The van der Waals surface area contributed by atoms with Crippen LogP contribution in [0, 0.1) is 0 Å². The summed E-state index contributed by atoms with van der Waals surface area (Å²) in [7, 11) is 0. The Bertz CT molecular complexity index is 257. The first-order valence-corrected chi connectivity index (χ1v) is 6.36. The number of hydrogen-bond donors (Lipinski definition) is 1. The van der Waals surface area contributed by atoms with Crippen LogP contribution < -0.4 is 0 Å². The number of ether oxygens (including phenoxy) is 1. The van der Waals surface area contributed by atoms with Crippen molar-refractivity contribution in [2.75, 3.05) is 26.3 Å². The van der Waals surface area contributed by atoms with E-state index in [4.69, 9.17) is 9.84 Å². The lowest BCUT2D eigenvalue weighted by molar-refractivity contribution is -0.161. The molecule has 0 aliphatic rings. The molecule has 0 heterocycles. The van der Waals surface area contributed by atoms with Crippen molar-refractivity contribution in [2.24, 2.45) is 0 Å². The van der Waals surface area contributed by atoms with Gasteiger partial charge < -0.3 is 14.7 Å². The average Bonchev–Trinajstić information content (AvgIpc) is 2.28. The smallest absolute Gasteiger partial charge is 0.393 e. The Morgan fingerprint density at radius 2 is 2.05 bits per heavy atom. The van der Waals surface area contributed by atoms with Crippen LogP contribution in [0.25, 0.3) is 0 Å². The normalized spacial score (nSPS) is 13.4. The van der Waals surface area contributed by atoms with Crippen molar-refractivity contribution in [3.63, 3.8) is 0 Å². The number of carbonyl (C=O) groups is 1. The molecule has 0 aliphatic heterocycles. The Kier molecular flexibility index (Phi) is 8.75. The van der Waals surface area contributed by atoms with Gasteiger partial charge in [0.15, 0.2) is 0 Å². The Morgan fingerprint density at radius 1 is 1.42 bits per heavy atom. The standard InChI is InChI=1S/C12H22F3NO3/c1-3-19-8-4-7-16(9-12(13,14)15)11(18)6-5-10(2)17/h10,17H,3-9H2,1-2H3. The molecule has 0 saturated heterocycles. The first-order chi connectivity index (χ1) is 8.76. The van der Waals surface area contributed by atoms with Gasteiger partial charge in [0, 0.05) is 26.2 Å². The molecule has 7 heteroatoms. The van der Waals surface area contributed by atoms with E-state index in [1.807, 2.05) is 0 Å². The second kappa shape index (κ2) is 9.14. The number of aliphatic hydroxyl groups excluding tert-OH is 1. The molecule has 0 rings (SSSR count). The number of amides is 1. The largest absolute Gasteiger partial charge is 0.406 e. The quantitative estimate of drug-likeness (QED) is 0.659. The molecule has 1 unspecified atom stereocenters. The van der Waals surface area contributed by atoms with Crippen molar-refractivity contribution in [2.45, 2.75) is 45.4 Å². The van der Waals surface area contributed by atoms with E-state index in [1.54, 1.807) is 6.92 Å². The van der Waals surface area contributed by atoms with Gasteiger partial charge in [-0.3, -0.25) is 4.79 Å². The summed E-state index contributed by atoms with van der Waals surface area (Å²) in [5.74, 6) is -0.588. The van der Waals surface area contributed by atoms with Crippen molar-refractivity contribution in [3.05, 3.63) is 0 Å². The van der Waals surface area contributed by atoms with Crippen LogP contribution in [0.4, 0.5) is 13.2 Å². The lowest BCUT2D eigenvalue weighted by Crippen LogP contribution is -2.40. The summed E-state index contributed by atoms with van der Waals surface area (Å²) in [6, 6.07) is 0. The summed E-state index contributed by atoms with van der Waals surface area (Å²) in [5.41, 5.74) is 0. The van der Waals surface area contributed by atoms with Gasteiger partial charge in [-0.15, -0.1) is 0 Å². The van der Waals surface area contributed by atoms with Crippen LogP contribution in [0.3, 0.4) is 0 Å². The highest BCUT2D eigenvalue weighted by Gasteiger charge is 2.32. The molecule has 0 aromatic rings. The monoisotopic (exact) mass is 285 g/mol. The second-order valence-electron chi connectivity index (χ2n) is 4.37. The third-order valence-corrected chi connectivity index (χ3v) is 2.42. The van der Waals surface area contributed by atoms with Gasteiger partial charge in [-0.2, -0.15) is 13.2 Å². The van der Waals surface area contributed by atoms with Gasteiger partial charge in [-0.25, -0.2) is 0 Å². The SMILES string of the molecule is CCOCCCN(CC(F)(F)F)C(=O)CCC(C)O. The van der Waals surface area contributed by atoms with Crippen LogP contribution in [0.1, 0.15) is 33.1 Å². The fourth-order valence-electron chi connectivity index (χ4n) is 1.50. The van der Waals surface area contributed by atoms with Crippen LogP contribution in [-0.2, 0) is 9.53 Å². The predicted octanol–water partition coefficient (Wildman–Crippen LogP) is 1.96. The molecular formula is C12H22F3NO3. The van der Waals surface area contributed by atoms with Gasteiger partial charge >= 0.3 is 6.18 Å². The molecule has 0 fully saturated rings. The highest BCUT2D eigenvalue weighted by Crippen LogP contribution is 2.17. The average molecular weight is 285 g/mol. The van der Waals surface area contributed by atoms with Crippen LogP contribution >= 0.6 is 0 Å². The predicted molar refractivity (Wildman–Crippen MR) is 64.7 cm³/mol. The Morgan fingerprint density at radius 3 is 2.53 bits per heavy atom. The van der Waals surface area contributed by atoms with Crippen molar-refractivity contribution < 1.29 is 27.8 Å². The molecule has 4 nitrogen and oxygen atoms in total. The maximum atomic E-state index is 12.4. The second-order valence-corrected chi connectivity index (χ2v) is 4.37. The maximum absolute atomic E-state index is 12.4. The molecule has 0 bridgehead atoms. The van der Waals surface area contributed by atoms with Gasteiger partial charge in [0.2, 0.25) is 5.91 Å². The first kappa shape index (κ1) is 18.2. The number of halogens is 3. The summed E-state index contributed by atoms with van der Waals surface area (Å²) in [5, 5.41) is 9.05. The van der Waals surface area contributed by atoms with Gasteiger partial charge in [-0.1, -0.05) is 0 Å². The summed E-state index contributed by atoms with van der Waals surface area (Å²) in [6.07, 6.45) is -4.66. The molecule has 0 aromatic heterocycles. The molecule has 1 atom stereocenters. The third kappa shape index (κ3) is 10.8. The van der Waals surface area contributed by atoms with Gasteiger partial charge in [0.25, 0.3) is 0 Å². The first-order valence-electron chi connectivity index (χ1n) is 6.36. The molecule has 1 amide bonds. The fraction of sp³-hybridized carbons (Fsp3) is 0.917. The van der Waals surface area contributed by atoms with Gasteiger partial charge in [-0.05, 0) is 26.7 Å². The van der Waals surface area contributed by atoms with E-state index in [2.05, 4.69) is 0 Å². The summed E-state index contributed by atoms with van der Waals surface area (Å²) in [6.45, 7) is 2.87. The number of alkyl halides is 3. The fourth-order valence-corrected chi connectivity index (χ4v) is 1.50. The topological polar surface area (TPSA) is 49.8 Å². The summed E-state index contributed by atoms with van der Waals surface area (Å²) >= 11 is 0. The van der Waals surface area contributed by atoms with E-state index >= 15 is 0 Å². The number of aliphatic hydroxyl groups is 1. The zero-order chi connectivity index (χ0) is 14.9. The van der Waals surface area contributed by atoms with E-state index in [-0.39, 0.29) is 19.4 Å². The van der Waals surface area contributed by atoms with E-state index in [9.17, 15) is 18.0 Å². The lowest BCUT2D eigenvalue weighted by atomic mass is 10.2. The molecule has 114 valence electrons. The van der Waals surface area contributed by atoms with Gasteiger partial charge in [0.05, 0.1) is 6.10 Å². The van der Waals surface area contributed by atoms with Crippen LogP contribution in [0.15, 0.2) is 0 Å². The van der Waals surface area contributed by atoms with E-state index < -0.39 is 24.7 Å². The van der Waals surface area contributed by atoms with Crippen molar-refractivity contribution >= 4 is 5.91 Å². The number of hydrogen-bond acceptors (Lipinski definition) is 3. The van der Waals surface area contributed by atoms with E-state index in [0.29, 0.717) is 19.6 Å². The number of nitrogens with zero attached hydrogens (tertiary/aromatic N) is 1. The van der Waals surface area contributed by atoms with E-state index in [1.165, 1.54) is 6.92 Å². The Hall–Kier alpha value is -0.820. The van der Waals surface area contributed by atoms with Crippen LogP contribution in [0.5, 0.6) is 0 Å². The number of carbonyl (C=O) groups excluding carboxylic acids is 1. The molecule has 0 radical (unpaired) electrons. The van der Waals surface area contributed by atoms with Gasteiger partial charge in [0.1, 0.15) is 6.54 Å². The van der Waals surface area contributed by atoms with Crippen molar-refractivity contribution in [3.8, 4) is 0 Å². The Balaban J connectivity index is 4.27. The highest BCUT2D eigenvalue weighted by atomic mass is 19.4. The molecule has 19 heavy (non-hydrogen) atoms. The third-order valence-electron chi connectivity index (χ3n) is 2.42. The zero-order valence-corrected chi connectivity index (χ0v) is 11.4. The molecular weight excluding hydrogens is 263 g/mol. The molecule has 0 aliphatic carbocycles. The van der Waals surface area contributed by atoms with Crippen molar-refractivity contribution in [1.29, 1.82) is 0 Å². The summed E-state index contributed by atoms with van der Waals surface area (Å²) in [4.78, 5) is 12.4. The van der Waals surface area contributed by atoms with Crippen LogP contribution in [-0.4, -0.2) is 54.5 Å². The van der Waals surface area contributed by atoms with Crippen molar-refractivity contribution in [1.82, 2.24) is 4.90 Å². The lowest BCUT2D eigenvalue weighted by Gasteiger charge is -2.24. The highest BCUT2D eigenvalue weighted by molar-refractivity contribution is 5.76. The molecule has 0 spiro atoms. The summed E-state index contributed by atoms with van der Waals surface area (Å²) < 4.78 is 42.1. The number of rotatable bonds is 9. The molecule has 0 saturated carbocycles. The van der Waals surface area contributed by atoms with Crippen LogP contribution in [0.2, 0.25) is 0 Å². The zero-order valence-electron chi connectivity index (χ0n) is 11.4. The molecule has 1 N–H and O–H groups in total. The Labute approximate surface area is 111 Å². The van der Waals surface area contributed by atoms with E-state index in [0.717, 1.165) is 4.90 Å². The minimum Gasteiger partial charge on any atom is -0.393 e. The maximum Gasteiger partial charge on any atom is 0.406 e. The molecule has 0 aromatic carbocycles.